The number of hydrogen-bond acceptors (Lipinski definition) is 12. The van der Waals surface area contributed by atoms with Crippen molar-refractivity contribution in [3.63, 3.8) is 0 Å². The minimum absolute atomic E-state index is 0.0258. The summed E-state index contributed by atoms with van der Waals surface area (Å²) in [6.07, 6.45) is 42.5. The molecule has 0 aromatic heterocycles. The summed E-state index contributed by atoms with van der Waals surface area (Å²) in [6, 6.07) is 0. The Bertz CT molecular complexity index is 1060. The molecule has 12 heteroatoms. The van der Waals surface area contributed by atoms with Crippen molar-refractivity contribution >= 4 is 24.2 Å². The van der Waals surface area contributed by atoms with E-state index in [-0.39, 0.29) is 37.4 Å². The Morgan fingerprint density at radius 1 is 0.377 bits per heavy atom. The first kappa shape index (κ1) is 69.0. The van der Waals surface area contributed by atoms with Gasteiger partial charge in [0, 0.05) is 19.3 Å². The molecule has 0 aliphatic carbocycles. The fourth-order valence-corrected chi connectivity index (χ4v) is 8.36. The third-order valence-electron chi connectivity index (χ3n) is 13.0. The molecule has 0 aromatic rings. The monoisotopic (exact) mass is 987 g/mol. The summed E-state index contributed by atoms with van der Waals surface area (Å²) in [5.74, 6) is -0.842. The molecule has 0 radical (unpaired) electrons. The van der Waals surface area contributed by atoms with Crippen molar-refractivity contribution < 1.29 is 58.9 Å². The molecule has 410 valence electrons. The molecule has 0 aromatic carbocycles. The van der Waals surface area contributed by atoms with Crippen LogP contribution in [0.1, 0.15) is 290 Å². The predicted octanol–water partition coefficient (Wildman–Crippen LogP) is 13.0. The number of unbranched alkanes of at least 4 members (excludes halogenated alkanes) is 36. The van der Waals surface area contributed by atoms with Gasteiger partial charge in [0.1, 0.15) is 37.6 Å². The van der Waals surface area contributed by atoms with Gasteiger partial charge in [-0.2, -0.15) is 0 Å². The Balaban J connectivity index is 0. The summed E-state index contributed by atoms with van der Waals surface area (Å²) in [5, 5.41) is 43.5. The van der Waals surface area contributed by atoms with E-state index < -0.39 is 37.1 Å². The highest BCUT2D eigenvalue weighted by Crippen LogP contribution is 2.17. The number of carbonyl (C=O) groups is 4. The largest absolute Gasteiger partial charge is 0.462 e. The van der Waals surface area contributed by atoms with Gasteiger partial charge in [0.25, 0.3) is 0 Å². The van der Waals surface area contributed by atoms with Gasteiger partial charge in [-0.05, 0) is 19.3 Å². The summed E-state index contributed by atoms with van der Waals surface area (Å²) in [7, 11) is 0. The molecule has 5 N–H and O–H groups in total. The molecule has 0 spiro atoms. The van der Waals surface area contributed by atoms with E-state index in [4.69, 9.17) is 39.7 Å². The van der Waals surface area contributed by atoms with E-state index in [2.05, 4.69) is 20.8 Å². The first-order chi connectivity index (χ1) is 33.6. The zero-order chi connectivity index (χ0) is 51.3. The minimum Gasteiger partial charge on any atom is -0.462 e. The Labute approximate surface area is 422 Å². The van der Waals surface area contributed by atoms with Gasteiger partial charge in [-0.1, -0.05) is 252 Å². The maximum absolute atomic E-state index is 12.8. The van der Waals surface area contributed by atoms with Crippen LogP contribution in [0, 0.1) is 0 Å². The zero-order valence-corrected chi connectivity index (χ0v) is 44.9. The van der Waals surface area contributed by atoms with Crippen LogP contribution in [0.2, 0.25) is 0 Å². The van der Waals surface area contributed by atoms with E-state index in [9.17, 15) is 19.2 Å². The molecule has 0 saturated carbocycles. The quantitative estimate of drug-likeness (QED) is 0.0168. The molecule has 0 saturated heterocycles. The van der Waals surface area contributed by atoms with Crippen molar-refractivity contribution in [3.05, 3.63) is 0 Å². The second kappa shape index (κ2) is 55.2. The average molecular weight is 987 g/mol. The van der Waals surface area contributed by atoms with Gasteiger partial charge in [0.15, 0.2) is 12.4 Å². The van der Waals surface area contributed by atoms with Crippen LogP contribution in [0.3, 0.4) is 0 Å². The smallest absolute Gasteiger partial charge is 0.306 e. The topological polar surface area (TPSA) is 197 Å². The maximum atomic E-state index is 12.8. The Morgan fingerprint density at radius 3 is 0.870 bits per heavy atom. The van der Waals surface area contributed by atoms with E-state index in [1.165, 1.54) is 193 Å². The Morgan fingerprint density at radius 2 is 0.623 bits per heavy atom. The van der Waals surface area contributed by atoms with Crippen molar-refractivity contribution in [2.24, 2.45) is 0 Å². The van der Waals surface area contributed by atoms with E-state index in [0.717, 1.165) is 57.8 Å². The molecular weight excluding hydrogens is 877 g/mol. The van der Waals surface area contributed by atoms with Crippen LogP contribution in [-0.2, 0) is 33.4 Å². The highest BCUT2D eigenvalue weighted by molar-refractivity contribution is 5.71. The van der Waals surface area contributed by atoms with Crippen LogP contribution in [0.5, 0.6) is 0 Å². The van der Waals surface area contributed by atoms with E-state index >= 15 is 0 Å². The van der Waals surface area contributed by atoms with Gasteiger partial charge in [0.2, 0.25) is 0 Å². The van der Waals surface area contributed by atoms with Crippen molar-refractivity contribution in [1.82, 2.24) is 0 Å². The normalized spacial score (nSPS) is 13.1. The molecule has 0 unspecified atom stereocenters. The summed E-state index contributed by atoms with van der Waals surface area (Å²) >= 11 is 0. The lowest BCUT2D eigenvalue weighted by molar-refractivity contribution is -0.167. The lowest BCUT2D eigenvalue weighted by Gasteiger charge is -2.22. The second-order valence-corrected chi connectivity index (χ2v) is 19.8. The highest BCUT2D eigenvalue weighted by atomic mass is 16.6. The molecule has 0 bridgehead atoms. The average Bonchev–Trinajstić information content (AvgIpc) is 3.35. The SMILES string of the molecule is CCCCCCCCCCCCCCCC(=O)OCC(COC(=O)CCCCCCCCCCCCCCC)OC(=O)CCCCCCCCCCCCCCC.O=C[C@H](O)[C@@H](O)[C@H](O)[C@H](O)CO. The van der Waals surface area contributed by atoms with Gasteiger partial charge in [0.05, 0.1) is 6.61 Å². The lowest BCUT2D eigenvalue weighted by Crippen LogP contribution is -2.46. The number of rotatable bonds is 52. The van der Waals surface area contributed by atoms with Gasteiger partial charge in [-0.25, -0.2) is 0 Å². The van der Waals surface area contributed by atoms with E-state index in [1.807, 2.05) is 0 Å². The first-order valence-corrected chi connectivity index (χ1v) is 28.9. The molecule has 0 aliphatic heterocycles. The van der Waals surface area contributed by atoms with Crippen molar-refractivity contribution in [2.75, 3.05) is 19.8 Å². The summed E-state index contributed by atoms with van der Waals surface area (Å²) in [6.45, 7) is 5.91. The van der Waals surface area contributed by atoms with Gasteiger partial charge in [-0.3, -0.25) is 14.4 Å². The van der Waals surface area contributed by atoms with Crippen LogP contribution in [0.25, 0.3) is 0 Å². The summed E-state index contributed by atoms with van der Waals surface area (Å²) in [5.41, 5.74) is 0. The highest BCUT2D eigenvalue weighted by Gasteiger charge is 2.29. The molecule has 4 atom stereocenters. The molecule has 0 heterocycles. The molecule has 12 nitrogen and oxygen atoms in total. The number of aldehydes is 1. The number of aliphatic hydroxyl groups excluding tert-OH is 5. The number of hydrogen-bond donors (Lipinski definition) is 5. The third-order valence-corrected chi connectivity index (χ3v) is 13.0. The zero-order valence-electron chi connectivity index (χ0n) is 44.9. The molecular formula is C57H110O12. The fourth-order valence-electron chi connectivity index (χ4n) is 8.36. The molecule has 0 amide bonds. The molecule has 69 heavy (non-hydrogen) atoms. The van der Waals surface area contributed by atoms with Crippen LogP contribution < -0.4 is 0 Å². The van der Waals surface area contributed by atoms with Crippen LogP contribution in [0.4, 0.5) is 0 Å². The number of carbonyl (C=O) groups excluding carboxylic acids is 4. The second-order valence-electron chi connectivity index (χ2n) is 19.8. The molecule has 0 fully saturated rings. The number of aliphatic hydroxyl groups is 5. The van der Waals surface area contributed by atoms with Crippen LogP contribution in [-0.4, -0.2) is 100 Å². The molecule has 0 rings (SSSR count). The van der Waals surface area contributed by atoms with Crippen molar-refractivity contribution in [1.29, 1.82) is 0 Å². The van der Waals surface area contributed by atoms with Gasteiger partial charge in [-0.15, -0.1) is 0 Å². The van der Waals surface area contributed by atoms with E-state index in [0.29, 0.717) is 19.3 Å². The van der Waals surface area contributed by atoms with Crippen LogP contribution in [0.15, 0.2) is 0 Å². The lowest BCUT2D eigenvalue weighted by atomic mass is 10.0. The van der Waals surface area contributed by atoms with Gasteiger partial charge >= 0.3 is 17.9 Å². The Hall–Kier alpha value is -2.12. The number of ether oxygens (including phenoxy) is 3. The van der Waals surface area contributed by atoms with Crippen molar-refractivity contribution in [2.45, 2.75) is 321 Å². The first-order valence-electron chi connectivity index (χ1n) is 28.9. The van der Waals surface area contributed by atoms with Gasteiger partial charge < -0.3 is 44.5 Å². The third kappa shape index (κ3) is 50.6. The molecule has 0 aliphatic rings. The van der Waals surface area contributed by atoms with Crippen LogP contribution >= 0.6 is 0 Å². The maximum Gasteiger partial charge on any atom is 0.306 e. The Kier molecular flexibility index (Phi) is 55.2. The van der Waals surface area contributed by atoms with E-state index in [1.54, 1.807) is 0 Å². The predicted molar refractivity (Wildman–Crippen MR) is 280 cm³/mol. The fraction of sp³-hybridized carbons (Fsp3) is 0.930. The summed E-state index contributed by atoms with van der Waals surface area (Å²) in [4.78, 5) is 47.8. The minimum atomic E-state index is -1.79. The number of esters is 3. The summed E-state index contributed by atoms with van der Waals surface area (Å²) < 4.78 is 16.8. The van der Waals surface area contributed by atoms with Crippen molar-refractivity contribution in [3.8, 4) is 0 Å². The standard InChI is InChI=1S/C51H98O6.C6H12O6/c1-4-7-10-13-16-19-22-25-28-31-34-37-40-43-49(52)55-46-48(57-51(54)45-42-39-36-33-30-27-24-21-18-15-12-9-6-3)47-56-50(53)44-41-38-35-32-29-26-23-20-17-14-11-8-5-2;7-1-3(9)5(11)6(12)4(10)2-8/h48H,4-47H2,1-3H3;1,3-6,8-12H,2H2/t;3-,4+,5+,6+/m.0/s1.